The van der Waals surface area contributed by atoms with Crippen LogP contribution >= 0.6 is 35.0 Å². The number of carbonyl (C=O) groups is 1. The summed E-state index contributed by atoms with van der Waals surface area (Å²) in [6.07, 6.45) is 0. The molecule has 5 rings (SSSR count). The number of hydrogen-bond donors (Lipinski definition) is 1. The predicted octanol–water partition coefficient (Wildman–Crippen LogP) is 6.34. The van der Waals surface area contributed by atoms with E-state index in [0.29, 0.717) is 38.0 Å². The van der Waals surface area contributed by atoms with Crippen LogP contribution < -0.4 is 5.73 Å². The van der Waals surface area contributed by atoms with Crippen LogP contribution in [0.2, 0.25) is 10.0 Å². The third-order valence-corrected chi connectivity index (χ3v) is 7.15. The van der Waals surface area contributed by atoms with Crippen molar-refractivity contribution >= 4 is 51.8 Å². The van der Waals surface area contributed by atoms with Crippen molar-refractivity contribution in [2.24, 2.45) is 10.7 Å². The summed E-state index contributed by atoms with van der Waals surface area (Å²) in [5.74, 6) is 0.509. The average molecular weight is 537 g/mol. The van der Waals surface area contributed by atoms with Gasteiger partial charge in [-0.2, -0.15) is 5.26 Å². The molecule has 180 valence electrons. The number of amidine groups is 1. The van der Waals surface area contributed by atoms with E-state index >= 15 is 0 Å². The van der Waals surface area contributed by atoms with Gasteiger partial charge in [-0.1, -0.05) is 53.5 Å². The summed E-state index contributed by atoms with van der Waals surface area (Å²) in [4.78, 5) is 20.1. The number of hydrogen-bond acceptors (Lipinski definition) is 8. The number of aliphatic imine (C=N–C) groups is 1. The normalized spacial score (nSPS) is 17.1. The van der Waals surface area contributed by atoms with Gasteiger partial charge in [0.15, 0.2) is 5.17 Å². The molecule has 3 heterocycles. The monoisotopic (exact) mass is 536 g/mol. The number of nitrogens with zero attached hydrogens (tertiary/aromatic N) is 3. The van der Waals surface area contributed by atoms with Crippen molar-refractivity contribution in [1.29, 1.82) is 5.26 Å². The molecule has 36 heavy (non-hydrogen) atoms. The van der Waals surface area contributed by atoms with Crippen molar-refractivity contribution in [1.82, 2.24) is 4.90 Å². The maximum absolute atomic E-state index is 13.4. The van der Waals surface area contributed by atoms with Crippen molar-refractivity contribution < 1.29 is 13.9 Å². The lowest BCUT2D eigenvalue weighted by molar-refractivity contribution is -0.139. The minimum absolute atomic E-state index is 0.168. The Morgan fingerprint density at radius 2 is 2.00 bits per heavy atom. The van der Waals surface area contributed by atoms with Gasteiger partial charge in [0.2, 0.25) is 0 Å². The molecular formula is C26H18Cl2N4O3S. The summed E-state index contributed by atoms with van der Waals surface area (Å²) in [5.41, 5.74) is 8.41. The summed E-state index contributed by atoms with van der Waals surface area (Å²) >= 11 is 13.6. The van der Waals surface area contributed by atoms with Crippen LogP contribution in [0.3, 0.4) is 0 Å². The SMILES string of the molecule is CCOC(=O)C1=C(c2ccccc2)N=C2SC(C#N)=C(N)N2[C@@H]1c1ccc(-c2ccc(Cl)cc2Cl)o1. The van der Waals surface area contributed by atoms with Crippen LogP contribution in [0.1, 0.15) is 24.3 Å². The fraction of sp³-hybridized carbons (Fsp3) is 0.115. The molecule has 0 bridgehead atoms. The van der Waals surface area contributed by atoms with E-state index in [1.54, 1.807) is 42.2 Å². The number of thioether (sulfide) groups is 1. The molecule has 2 aromatic carbocycles. The summed E-state index contributed by atoms with van der Waals surface area (Å²) in [5, 5.41) is 11.0. The highest BCUT2D eigenvalue weighted by atomic mass is 35.5. The van der Waals surface area contributed by atoms with Crippen LogP contribution in [-0.4, -0.2) is 22.6 Å². The predicted molar refractivity (Wildman–Crippen MR) is 141 cm³/mol. The number of esters is 1. The fourth-order valence-electron chi connectivity index (χ4n) is 4.06. The minimum Gasteiger partial charge on any atom is -0.463 e. The summed E-state index contributed by atoms with van der Waals surface area (Å²) in [6, 6.07) is 19.2. The smallest absolute Gasteiger partial charge is 0.338 e. The van der Waals surface area contributed by atoms with Crippen molar-refractivity contribution in [2.45, 2.75) is 13.0 Å². The topological polar surface area (TPSA) is 105 Å². The van der Waals surface area contributed by atoms with E-state index in [0.717, 1.165) is 17.3 Å². The lowest BCUT2D eigenvalue weighted by atomic mass is 9.96. The zero-order valence-electron chi connectivity index (χ0n) is 18.9. The van der Waals surface area contributed by atoms with Crippen LogP contribution in [0, 0.1) is 11.3 Å². The second kappa shape index (κ2) is 9.78. The second-order valence-corrected chi connectivity index (χ2v) is 9.59. The van der Waals surface area contributed by atoms with E-state index in [1.807, 2.05) is 30.3 Å². The lowest BCUT2D eigenvalue weighted by Crippen LogP contribution is -2.38. The van der Waals surface area contributed by atoms with E-state index in [1.165, 1.54) is 0 Å². The molecule has 0 aliphatic carbocycles. The van der Waals surface area contributed by atoms with E-state index < -0.39 is 12.0 Å². The van der Waals surface area contributed by atoms with Gasteiger partial charge in [0, 0.05) is 16.1 Å². The average Bonchev–Trinajstić information content (AvgIpc) is 3.48. The highest BCUT2D eigenvalue weighted by Gasteiger charge is 2.45. The number of benzene rings is 2. The highest BCUT2D eigenvalue weighted by molar-refractivity contribution is 8.17. The van der Waals surface area contributed by atoms with Crippen LogP contribution in [-0.2, 0) is 9.53 Å². The molecule has 0 saturated heterocycles. The van der Waals surface area contributed by atoms with E-state index in [2.05, 4.69) is 6.07 Å². The molecule has 1 atom stereocenters. The molecule has 0 radical (unpaired) electrons. The summed E-state index contributed by atoms with van der Waals surface area (Å²) in [7, 11) is 0. The first-order valence-corrected chi connectivity index (χ1v) is 12.5. The number of nitriles is 1. The Kier molecular flexibility index (Phi) is 6.54. The molecular weight excluding hydrogens is 519 g/mol. The number of halogens is 2. The van der Waals surface area contributed by atoms with Crippen molar-refractivity contribution in [3.05, 3.63) is 98.3 Å². The zero-order valence-corrected chi connectivity index (χ0v) is 21.2. The Balaban J connectivity index is 1.73. The third-order valence-electron chi connectivity index (χ3n) is 5.62. The van der Waals surface area contributed by atoms with Crippen LogP contribution in [0.25, 0.3) is 17.0 Å². The van der Waals surface area contributed by atoms with Gasteiger partial charge in [-0.15, -0.1) is 0 Å². The molecule has 0 unspecified atom stereocenters. The molecule has 0 fully saturated rings. The molecule has 0 spiro atoms. The lowest BCUT2D eigenvalue weighted by Gasteiger charge is -2.33. The van der Waals surface area contributed by atoms with E-state index in [4.69, 9.17) is 43.1 Å². The Bertz CT molecular complexity index is 1500. The fourth-order valence-corrected chi connectivity index (χ4v) is 5.43. The standard InChI is InChI=1S/C26H18Cl2N4O3S/c1-2-34-25(33)21-22(14-6-4-3-5-7-14)31-26-32(24(30)20(13-29)36-26)23(21)19-11-10-18(35-19)16-9-8-15(27)12-17(16)28/h3-12,23H,2,30H2,1H3/t23-/m1/s1. The number of carbonyl (C=O) groups excluding carboxylic acids is 1. The summed E-state index contributed by atoms with van der Waals surface area (Å²) < 4.78 is 11.7. The third kappa shape index (κ3) is 4.16. The first kappa shape index (κ1) is 24.1. The van der Waals surface area contributed by atoms with Gasteiger partial charge in [0.1, 0.15) is 34.4 Å². The second-order valence-electron chi connectivity index (χ2n) is 7.77. The number of rotatable bonds is 5. The maximum atomic E-state index is 13.4. The molecule has 2 N–H and O–H groups in total. The molecule has 10 heteroatoms. The van der Waals surface area contributed by atoms with Gasteiger partial charge >= 0.3 is 5.97 Å². The Hall–Kier alpha value is -3.64. The molecule has 0 saturated carbocycles. The van der Waals surface area contributed by atoms with Gasteiger partial charge in [-0.3, -0.25) is 4.90 Å². The molecule has 3 aromatic rings. The van der Waals surface area contributed by atoms with E-state index in [-0.39, 0.29) is 22.9 Å². The molecule has 0 amide bonds. The van der Waals surface area contributed by atoms with Gasteiger partial charge < -0.3 is 14.9 Å². The van der Waals surface area contributed by atoms with Gasteiger partial charge in [-0.25, -0.2) is 9.79 Å². The maximum Gasteiger partial charge on any atom is 0.338 e. The zero-order chi connectivity index (χ0) is 25.4. The first-order valence-electron chi connectivity index (χ1n) is 10.9. The Labute approximate surface area is 221 Å². The largest absolute Gasteiger partial charge is 0.463 e. The number of furan rings is 1. The van der Waals surface area contributed by atoms with Gasteiger partial charge in [-0.05, 0) is 49.0 Å². The van der Waals surface area contributed by atoms with Gasteiger partial charge in [0.25, 0.3) is 0 Å². The molecule has 7 nitrogen and oxygen atoms in total. The first-order chi connectivity index (χ1) is 17.4. The number of fused-ring (bicyclic) bond motifs is 1. The van der Waals surface area contributed by atoms with Crippen LogP contribution in [0.4, 0.5) is 0 Å². The van der Waals surface area contributed by atoms with Crippen molar-refractivity contribution in [3.8, 4) is 17.4 Å². The van der Waals surface area contributed by atoms with Crippen molar-refractivity contribution in [2.75, 3.05) is 6.61 Å². The highest BCUT2D eigenvalue weighted by Crippen LogP contribution is 2.48. The van der Waals surface area contributed by atoms with Crippen LogP contribution in [0.15, 0.2) is 86.4 Å². The van der Waals surface area contributed by atoms with Crippen LogP contribution in [0.5, 0.6) is 0 Å². The number of allylic oxidation sites excluding steroid dienone is 1. The Morgan fingerprint density at radius 1 is 1.22 bits per heavy atom. The van der Waals surface area contributed by atoms with Gasteiger partial charge in [0.05, 0.1) is 22.9 Å². The van der Waals surface area contributed by atoms with E-state index in [9.17, 15) is 10.1 Å². The number of nitrogens with two attached hydrogens (primary N) is 1. The molecule has 1 aromatic heterocycles. The van der Waals surface area contributed by atoms with Crippen molar-refractivity contribution in [3.63, 3.8) is 0 Å². The number of ether oxygens (including phenoxy) is 1. The molecule has 2 aliphatic heterocycles. The molecule has 2 aliphatic rings. The summed E-state index contributed by atoms with van der Waals surface area (Å²) in [6.45, 7) is 1.90. The quantitative estimate of drug-likeness (QED) is 0.379. The Morgan fingerprint density at radius 3 is 2.69 bits per heavy atom. The minimum atomic E-state index is -0.829.